The molecule has 2 N–H and O–H groups in total. The summed E-state index contributed by atoms with van der Waals surface area (Å²) in [7, 11) is 0. The van der Waals surface area contributed by atoms with Crippen molar-refractivity contribution in [3.8, 4) is 0 Å². The van der Waals surface area contributed by atoms with Crippen molar-refractivity contribution in [2.45, 2.75) is 44.4 Å². The molecule has 5 heteroatoms. The molecule has 0 bridgehead atoms. The van der Waals surface area contributed by atoms with E-state index < -0.39 is 6.04 Å². The van der Waals surface area contributed by atoms with Gasteiger partial charge < -0.3 is 15.4 Å². The van der Waals surface area contributed by atoms with Crippen LogP contribution in [0.5, 0.6) is 0 Å². The molecule has 0 aromatic rings. The number of ether oxygens (including phenoxy) is 1. The maximum atomic E-state index is 12.2. The number of carbonyl (C=O) groups is 1. The average molecular weight is 258 g/mol. The van der Waals surface area contributed by atoms with Gasteiger partial charge in [0.1, 0.15) is 0 Å². The fourth-order valence-electron chi connectivity index (χ4n) is 2.46. The number of amides is 1. The number of thioether (sulfide) groups is 1. The summed E-state index contributed by atoms with van der Waals surface area (Å²) in [5.41, 5.74) is 5.74. The van der Waals surface area contributed by atoms with Crippen LogP contribution >= 0.6 is 11.8 Å². The minimum atomic E-state index is -0.401. The van der Waals surface area contributed by atoms with Crippen LogP contribution in [0.25, 0.3) is 0 Å². The topological polar surface area (TPSA) is 55.6 Å². The highest BCUT2D eigenvalue weighted by Gasteiger charge is 2.31. The Morgan fingerprint density at radius 2 is 2.41 bits per heavy atom. The number of nitrogens with two attached hydrogens (primary N) is 1. The number of rotatable bonds is 4. The highest BCUT2D eigenvalue weighted by molar-refractivity contribution is 7.99. The molecule has 2 aliphatic heterocycles. The summed E-state index contributed by atoms with van der Waals surface area (Å²) >= 11 is 1.92. The molecule has 2 unspecified atom stereocenters. The molecule has 0 spiro atoms. The van der Waals surface area contributed by atoms with Crippen LogP contribution in [-0.2, 0) is 9.53 Å². The quantitative estimate of drug-likeness (QED) is 0.812. The number of nitrogens with zero attached hydrogens (tertiary/aromatic N) is 1. The van der Waals surface area contributed by atoms with Gasteiger partial charge in [-0.1, -0.05) is 0 Å². The van der Waals surface area contributed by atoms with E-state index in [2.05, 4.69) is 0 Å². The lowest BCUT2D eigenvalue weighted by Crippen LogP contribution is -2.50. The molecule has 2 heterocycles. The van der Waals surface area contributed by atoms with Gasteiger partial charge in [0.25, 0.3) is 0 Å². The first kappa shape index (κ1) is 13.2. The van der Waals surface area contributed by atoms with Gasteiger partial charge in [0, 0.05) is 24.9 Å². The summed E-state index contributed by atoms with van der Waals surface area (Å²) in [6, 6.07) is -0.0373. The highest BCUT2D eigenvalue weighted by atomic mass is 32.2. The molecule has 2 fully saturated rings. The van der Waals surface area contributed by atoms with E-state index in [1.807, 2.05) is 16.7 Å². The third kappa shape index (κ3) is 3.36. The van der Waals surface area contributed by atoms with Crippen molar-refractivity contribution < 1.29 is 9.53 Å². The van der Waals surface area contributed by atoms with Crippen molar-refractivity contribution >= 4 is 17.7 Å². The molecule has 3 atom stereocenters. The molecule has 2 rings (SSSR count). The van der Waals surface area contributed by atoms with Crippen LogP contribution in [0.1, 0.15) is 26.2 Å². The molecule has 4 nitrogen and oxygen atoms in total. The summed E-state index contributed by atoms with van der Waals surface area (Å²) in [5, 5.41) is 0. The zero-order chi connectivity index (χ0) is 12.3. The summed E-state index contributed by atoms with van der Waals surface area (Å²) in [5.74, 6) is 2.28. The normalized spacial score (nSPS) is 30.5. The van der Waals surface area contributed by atoms with Gasteiger partial charge in [0.15, 0.2) is 0 Å². The van der Waals surface area contributed by atoms with Crippen molar-refractivity contribution in [1.82, 2.24) is 4.90 Å². The predicted octanol–water partition coefficient (Wildman–Crippen LogP) is 0.847. The fraction of sp³-hybridized carbons (Fsp3) is 0.917. The Bertz CT molecular complexity index is 261. The van der Waals surface area contributed by atoms with E-state index in [1.54, 1.807) is 6.92 Å². The van der Waals surface area contributed by atoms with Crippen molar-refractivity contribution in [2.24, 2.45) is 5.73 Å². The molecular formula is C12H22N2O2S. The van der Waals surface area contributed by atoms with Crippen LogP contribution in [0.4, 0.5) is 0 Å². The second kappa shape index (κ2) is 6.07. The Morgan fingerprint density at radius 1 is 1.59 bits per heavy atom. The molecule has 0 saturated carbocycles. The summed E-state index contributed by atoms with van der Waals surface area (Å²) < 4.78 is 5.63. The summed E-state index contributed by atoms with van der Waals surface area (Å²) in [6.07, 6.45) is 3.51. The van der Waals surface area contributed by atoms with E-state index in [-0.39, 0.29) is 12.0 Å². The molecule has 2 saturated heterocycles. The molecular weight excluding hydrogens is 236 g/mol. The SMILES string of the molecule is C[C@@H](N)C(=O)N(CC1CCCO1)C1CCSC1. The Labute approximate surface area is 107 Å². The first-order valence-corrected chi connectivity index (χ1v) is 7.59. The smallest absolute Gasteiger partial charge is 0.239 e. The Hall–Kier alpha value is -0.260. The first-order chi connectivity index (χ1) is 8.18. The van der Waals surface area contributed by atoms with Gasteiger partial charge in [0.2, 0.25) is 5.91 Å². The number of hydrogen-bond acceptors (Lipinski definition) is 4. The van der Waals surface area contributed by atoms with Crippen LogP contribution in [0, 0.1) is 0 Å². The van der Waals surface area contributed by atoms with E-state index >= 15 is 0 Å². The van der Waals surface area contributed by atoms with E-state index in [4.69, 9.17) is 10.5 Å². The van der Waals surface area contributed by atoms with Gasteiger partial charge in [-0.2, -0.15) is 11.8 Å². The largest absolute Gasteiger partial charge is 0.376 e. The van der Waals surface area contributed by atoms with Crippen molar-refractivity contribution in [3.05, 3.63) is 0 Å². The van der Waals surface area contributed by atoms with Gasteiger partial charge in [-0.25, -0.2) is 0 Å². The van der Waals surface area contributed by atoms with Gasteiger partial charge in [-0.05, 0) is 31.9 Å². The third-order valence-corrected chi connectivity index (χ3v) is 4.59. The molecule has 2 aliphatic rings. The predicted molar refractivity (Wildman–Crippen MR) is 70.1 cm³/mol. The lowest BCUT2D eigenvalue weighted by Gasteiger charge is -2.32. The van der Waals surface area contributed by atoms with Gasteiger partial charge in [-0.3, -0.25) is 4.79 Å². The number of carbonyl (C=O) groups excluding carboxylic acids is 1. The van der Waals surface area contributed by atoms with E-state index in [0.29, 0.717) is 6.04 Å². The maximum absolute atomic E-state index is 12.2. The second-order valence-electron chi connectivity index (χ2n) is 4.93. The molecule has 0 aromatic carbocycles. The van der Waals surface area contributed by atoms with Crippen molar-refractivity contribution in [2.75, 3.05) is 24.7 Å². The zero-order valence-electron chi connectivity index (χ0n) is 10.4. The monoisotopic (exact) mass is 258 g/mol. The highest BCUT2D eigenvalue weighted by Crippen LogP contribution is 2.24. The molecule has 98 valence electrons. The number of hydrogen-bond donors (Lipinski definition) is 1. The van der Waals surface area contributed by atoms with Gasteiger partial charge in [-0.15, -0.1) is 0 Å². The summed E-state index contributed by atoms with van der Waals surface area (Å²) in [6.45, 7) is 3.34. The van der Waals surface area contributed by atoms with Crippen LogP contribution in [0.3, 0.4) is 0 Å². The van der Waals surface area contributed by atoms with E-state index in [1.165, 1.54) is 0 Å². The van der Waals surface area contributed by atoms with Crippen LogP contribution < -0.4 is 5.73 Å². The van der Waals surface area contributed by atoms with E-state index in [9.17, 15) is 4.79 Å². The van der Waals surface area contributed by atoms with Crippen LogP contribution in [-0.4, -0.2) is 53.7 Å². The molecule has 1 amide bonds. The lowest BCUT2D eigenvalue weighted by molar-refractivity contribution is -0.135. The maximum Gasteiger partial charge on any atom is 0.239 e. The third-order valence-electron chi connectivity index (χ3n) is 3.44. The first-order valence-electron chi connectivity index (χ1n) is 6.44. The Balaban J connectivity index is 1.97. The van der Waals surface area contributed by atoms with Gasteiger partial charge >= 0.3 is 0 Å². The van der Waals surface area contributed by atoms with Crippen molar-refractivity contribution in [3.63, 3.8) is 0 Å². The average Bonchev–Trinajstić information content (AvgIpc) is 2.97. The molecule has 17 heavy (non-hydrogen) atoms. The fourth-order valence-corrected chi connectivity index (χ4v) is 3.68. The zero-order valence-corrected chi connectivity index (χ0v) is 11.2. The summed E-state index contributed by atoms with van der Waals surface area (Å²) in [4.78, 5) is 14.1. The minimum Gasteiger partial charge on any atom is -0.376 e. The second-order valence-corrected chi connectivity index (χ2v) is 6.08. The Kier molecular flexibility index (Phi) is 4.70. The molecule has 0 aromatic heterocycles. The van der Waals surface area contributed by atoms with E-state index in [0.717, 1.165) is 43.9 Å². The molecule has 0 radical (unpaired) electrons. The minimum absolute atomic E-state index is 0.0769. The Morgan fingerprint density at radius 3 is 2.94 bits per heavy atom. The van der Waals surface area contributed by atoms with Gasteiger partial charge in [0.05, 0.1) is 12.1 Å². The van der Waals surface area contributed by atoms with Crippen LogP contribution in [0.15, 0.2) is 0 Å². The van der Waals surface area contributed by atoms with Crippen LogP contribution in [0.2, 0.25) is 0 Å². The van der Waals surface area contributed by atoms with Crippen molar-refractivity contribution in [1.29, 1.82) is 0 Å². The molecule has 0 aliphatic carbocycles. The standard InChI is InChI=1S/C12H22N2O2S/c1-9(13)12(15)14(10-4-6-17-8-10)7-11-3-2-5-16-11/h9-11H,2-8,13H2,1H3/t9-,10?,11?/m1/s1. The lowest BCUT2D eigenvalue weighted by atomic mass is 10.1.